The molecule has 2 aromatic carbocycles. The second kappa shape index (κ2) is 5.57. The van der Waals surface area contributed by atoms with Crippen LogP contribution in [0.25, 0.3) is 0 Å². The number of benzene rings is 2. The minimum atomic E-state index is -3.85. The van der Waals surface area contributed by atoms with Crippen LogP contribution in [0, 0.1) is 41.5 Å². The highest BCUT2D eigenvalue weighted by molar-refractivity contribution is 7.91. The second-order valence-corrected chi connectivity index (χ2v) is 7.94. The molecular formula is C18H22O4S. The molecule has 23 heavy (non-hydrogen) atoms. The molecule has 2 N–H and O–H groups in total. The van der Waals surface area contributed by atoms with Crippen LogP contribution in [0.3, 0.4) is 0 Å². The SMILES string of the molecule is Cc1cc(C)c(S(=O)(=O)c2cc(O)c(C)c(C)c2C)c(C)c1O. The van der Waals surface area contributed by atoms with E-state index < -0.39 is 9.84 Å². The van der Waals surface area contributed by atoms with Crippen LogP contribution in [0.1, 0.15) is 33.4 Å². The van der Waals surface area contributed by atoms with E-state index in [0.717, 1.165) is 5.56 Å². The summed E-state index contributed by atoms with van der Waals surface area (Å²) in [6, 6.07) is 2.95. The molecule has 124 valence electrons. The van der Waals surface area contributed by atoms with Gasteiger partial charge in [0.05, 0.1) is 9.79 Å². The van der Waals surface area contributed by atoms with Gasteiger partial charge in [-0.15, -0.1) is 0 Å². The lowest BCUT2D eigenvalue weighted by Gasteiger charge is -2.18. The van der Waals surface area contributed by atoms with Crippen LogP contribution in [0.5, 0.6) is 11.5 Å². The van der Waals surface area contributed by atoms with Crippen LogP contribution in [0.2, 0.25) is 0 Å². The molecule has 0 unspecified atom stereocenters. The normalized spacial score (nSPS) is 11.7. The molecule has 2 rings (SSSR count). The van der Waals surface area contributed by atoms with Gasteiger partial charge in [-0.3, -0.25) is 0 Å². The Bertz CT molecular complexity index is 910. The average Bonchev–Trinajstić information content (AvgIpc) is 2.46. The Morgan fingerprint density at radius 2 is 1.30 bits per heavy atom. The Balaban J connectivity index is 2.88. The zero-order chi connectivity index (χ0) is 17.7. The van der Waals surface area contributed by atoms with Gasteiger partial charge in [0.2, 0.25) is 9.84 Å². The van der Waals surface area contributed by atoms with Gasteiger partial charge in [-0.05, 0) is 75.4 Å². The van der Waals surface area contributed by atoms with E-state index in [1.165, 1.54) is 6.07 Å². The van der Waals surface area contributed by atoms with E-state index in [-0.39, 0.29) is 21.3 Å². The van der Waals surface area contributed by atoms with Crippen molar-refractivity contribution in [3.8, 4) is 11.5 Å². The van der Waals surface area contributed by atoms with Crippen molar-refractivity contribution in [2.45, 2.75) is 51.3 Å². The summed E-state index contributed by atoms with van der Waals surface area (Å²) in [6.07, 6.45) is 0. The molecule has 0 saturated heterocycles. The fraction of sp³-hybridized carbons (Fsp3) is 0.333. The average molecular weight is 334 g/mol. The van der Waals surface area contributed by atoms with Gasteiger partial charge in [0.15, 0.2) is 0 Å². The molecule has 0 fully saturated rings. The maximum atomic E-state index is 13.2. The molecule has 2 aromatic rings. The highest BCUT2D eigenvalue weighted by Crippen LogP contribution is 2.38. The molecule has 0 aliphatic heterocycles. The Kier molecular flexibility index (Phi) is 4.20. The van der Waals surface area contributed by atoms with E-state index in [4.69, 9.17) is 0 Å². The molecule has 0 saturated carbocycles. The monoisotopic (exact) mass is 334 g/mol. The predicted octanol–water partition coefficient (Wildman–Crippen LogP) is 3.78. The van der Waals surface area contributed by atoms with Gasteiger partial charge in [-0.25, -0.2) is 8.42 Å². The first kappa shape index (κ1) is 17.3. The summed E-state index contributed by atoms with van der Waals surface area (Å²) in [5.74, 6) is -0.0572. The van der Waals surface area contributed by atoms with E-state index in [1.807, 2.05) is 0 Å². The smallest absolute Gasteiger partial charge is 0.207 e. The van der Waals surface area contributed by atoms with Crippen LogP contribution < -0.4 is 0 Å². The quantitative estimate of drug-likeness (QED) is 0.876. The van der Waals surface area contributed by atoms with Gasteiger partial charge in [0.25, 0.3) is 0 Å². The van der Waals surface area contributed by atoms with E-state index in [9.17, 15) is 18.6 Å². The molecule has 5 heteroatoms. The minimum absolute atomic E-state index is 0.0140. The summed E-state index contributed by atoms with van der Waals surface area (Å²) >= 11 is 0. The van der Waals surface area contributed by atoms with Crippen molar-refractivity contribution in [2.24, 2.45) is 0 Å². The third kappa shape index (κ3) is 2.59. The first-order valence-electron chi connectivity index (χ1n) is 7.34. The Morgan fingerprint density at radius 3 is 1.87 bits per heavy atom. The van der Waals surface area contributed by atoms with Gasteiger partial charge in [0.1, 0.15) is 11.5 Å². The van der Waals surface area contributed by atoms with Gasteiger partial charge in [0, 0.05) is 5.56 Å². The lowest BCUT2D eigenvalue weighted by atomic mass is 10.0. The number of hydrogen-bond donors (Lipinski definition) is 2. The summed E-state index contributed by atoms with van der Waals surface area (Å²) in [5.41, 5.74) is 3.57. The second-order valence-electron chi connectivity index (χ2n) is 6.09. The Hall–Kier alpha value is -2.01. The number of phenols is 2. The number of aromatic hydroxyl groups is 2. The molecule has 0 aromatic heterocycles. The predicted molar refractivity (Wildman–Crippen MR) is 90.1 cm³/mol. The molecule has 0 aliphatic rings. The van der Waals surface area contributed by atoms with Crippen molar-refractivity contribution in [3.63, 3.8) is 0 Å². The zero-order valence-corrected chi connectivity index (χ0v) is 15.1. The molecule has 0 bridgehead atoms. The summed E-state index contributed by atoms with van der Waals surface area (Å²) in [7, 11) is -3.85. The maximum Gasteiger partial charge on any atom is 0.207 e. The van der Waals surface area contributed by atoms with Crippen LogP contribution >= 0.6 is 0 Å². The highest BCUT2D eigenvalue weighted by atomic mass is 32.2. The Morgan fingerprint density at radius 1 is 0.739 bits per heavy atom. The van der Waals surface area contributed by atoms with Gasteiger partial charge >= 0.3 is 0 Å². The van der Waals surface area contributed by atoms with Crippen LogP contribution in [-0.4, -0.2) is 18.6 Å². The van der Waals surface area contributed by atoms with E-state index >= 15 is 0 Å². The number of phenolic OH excluding ortho intramolecular Hbond substituents is 2. The molecule has 4 nitrogen and oxygen atoms in total. The van der Waals surface area contributed by atoms with Crippen molar-refractivity contribution in [1.82, 2.24) is 0 Å². The van der Waals surface area contributed by atoms with E-state index in [2.05, 4.69) is 0 Å². The maximum absolute atomic E-state index is 13.2. The number of sulfone groups is 1. The molecule has 0 spiro atoms. The number of aryl methyl sites for hydroxylation is 2. The molecule has 0 aliphatic carbocycles. The molecule has 0 radical (unpaired) electrons. The summed E-state index contributed by atoms with van der Waals surface area (Å²) < 4.78 is 26.3. The van der Waals surface area contributed by atoms with Crippen molar-refractivity contribution in [3.05, 3.63) is 45.5 Å². The molecular weight excluding hydrogens is 312 g/mol. The molecule has 0 atom stereocenters. The lowest BCUT2D eigenvalue weighted by Crippen LogP contribution is -2.10. The van der Waals surface area contributed by atoms with Crippen LogP contribution in [0.15, 0.2) is 21.9 Å². The standard InChI is InChI=1S/C18H22O4S/c1-9-7-10(2)18(14(6)17(9)20)23(21,22)16-8-15(19)12(4)11(3)13(16)5/h7-8,19-20H,1-6H3. The van der Waals surface area contributed by atoms with Crippen LogP contribution in [0.4, 0.5) is 0 Å². The Labute approximate surface area is 137 Å². The fourth-order valence-corrected chi connectivity index (χ4v) is 4.98. The summed E-state index contributed by atoms with van der Waals surface area (Å²) in [5, 5.41) is 20.2. The van der Waals surface area contributed by atoms with Gasteiger partial charge in [-0.1, -0.05) is 6.07 Å². The van der Waals surface area contributed by atoms with Gasteiger partial charge < -0.3 is 10.2 Å². The third-order valence-corrected chi connectivity index (χ3v) is 6.73. The first-order valence-corrected chi connectivity index (χ1v) is 8.83. The highest BCUT2D eigenvalue weighted by Gasteiger charge is 2.28. The van der Waals surface area contributed by atoms with Crippen molar-refractivity contribution < 1.29 is 18.6 Å². The topological polar surface area (TPSA) is 74.6 Å². The van der Waals surface area contributed by atoms with Crippen molar-refractivity contribution >= 4 is 9.84 Å². The minimum Gasteiger partial charge on any atom is -0.508 e. The fourth-order valence-electron chi connectivity index (χ4n) is 2.96. The number of rotatable bonds is 2. The van der Waals surface area contributed by atoms with Crippen LogP contribution in [-0.2, 0) is 9.84 Å². The molecule has 0 heterocycles. The van der Waals surface area contributed by atoms with Gasteiger partial charge in [-0.2, -0.15) is 0 Å². The lowest BCUT2D eigenvalue weighted by molar-refractivity contribution is 0.463. The van der Waals surface area contributed by atoms with E-state index in [1.54, 1.807) is 47.6 Å². The van der Waals surface area contributed by atoms with Crippen molar-refractivity contribution in [2.75, 3.05) is 0 Å². The summed E-state index contributed by atoms with van der Waals surface area (Å²) in [6.45, 7) is 10.3. The third-order valence-electron chi connectivity index (χ3n) is 4.57. The van der Waals surface area contributed by atoms with E-state index in [0.29, 0.717) is 27.8 Å². The first-order chi connectivity index (χ1) is 10.5. The molecule has 0 amide bonds. The number of hydrogen-bond acceptors (Lipinski definition) is 4. The largest absolute Gasteiger partial charge is 0.508 e. The van der Waals surface area contributed by atoms with Crippen molar-refractivity contribution in [1.29, 1.82) is 0 Å². The zero-order valence-electron chi connectivity index (χ0n) is 14.3. The summed E-state index contributed by atoms with van der Waals surface area (Å²) in [4.78, 5) is 0.180.